The van der Waals surface area contributed by atoms with Gasteiger partial charge in [-0.05, 0) is 19.3 Å². The van der Waals surface area contributed by atoms with E-state index < -0.39 is 0 Å². The number of carbonyl (C=O) groups excluding carboxylic acids is 2. The summed E-state index contributed by atoms with van der Waals surface area (Å²) in [5, 5.41) is 0. The minimum atomic E-state index is -0.279. The Labute approximate surface area is 212 Å². The second-order valence-corrected chi connectivity index (χ2v) is 10.1. The van der Waals surface area contributed by atoms with E-state index >= 15 is 0 Å². The van der Waals surface area contributed by atoms with E-state index in [1.807, 2.05) is 0 Å². The topological polar surface area (TPSA) is 52.6 Å². The second-order valence-electron chi connectivity index (χ2n) is 10.1. The minimum Gasteiger partial charge on any atom is -0.466 e. The molecule has 0 aromatic heterocycles. The van der Waals surface area contributed by atoms with Crippen LogP contribution in [0.3, 0.4) is 0 Å². The van der Waals surface area contributed by atoms with Crippen LogP contribution in [0.25, 0.3) is 0 Å². The molecule has 0 amide bonds. The highest BCUT2D eigenvalue weighted by Crippen LogP contribution is 2.14. The molecular formula is C30H58O4. The maximum atomic E-state index is 12.0. The minimum absolute atomic E-state index is 0.00132. The summed E-state index contributed by atoms with van der Waals surface area (Å²) in [6.45, 7) is 6.99. The lowest BCUT2D eigenvalue weighted by molar-refractivity contribution is -0.154. The van der Waals surface area contributed by atoms with Crippen molar-refractivity contribution in [3.8, 4) is 0 Å². The molecule has 0 radical (unpaired) electrons. The molecule has 0 fully saturated rings. The van der Waals surface area contributed by atoms with E-state index in [-0.39, 0.29) is 30.9 Å². The number of hydrogen-bond acceptors (Lipinski definition) is 4. The Balaban J connectivity index is 3.42. The molecule has 0 aromatic rings. The monoisotopic (exact) mass is 482 g/mol. The van der Waals surface area contributed by atoms with Gasteiger partial charge in [-0.15, -0.1) is 0 Å². The standard InChI is InChI=1S/C30H58O4/c1-4-7-9-10-11-12-13-14-15-16-17-18-19-20-21-22-27-33-29(31)25-26-30(32)34-28(23-6-3)24-8-5-2/h28H,4-27H2,1-3H3. The zero-order valence-corrected chi connectivity index (χ0v) is 23.2. The van der Waals surface area contributed by atoms with Crippen LogP contribution in [0.4, 0.5) is 0 Å². The van der Waals surface area contributed by atoms with Gasteiger partial charge in [0.1, 0.15) is 6.10 Å². The van der Waals surface area contributed by atoms with Crippen molar-refractivity contribution >= 4 is 11.9 Å². The van der Waals surface area contributed by atoms with E-state index in [0.29, 0.717) is 6.61 Å². The molecular weight excluding hydrogens is 424 g/mol. The van der Waals surface area contributed by atoms with Crippen LogP contribution in [0, 0.1) is 0 Å². The molecule has 202 valence electrons. The molecule has 0 saturated heterocycles. The van der Waals surface area contributed by atoms with Gasteiger partial charge in [-0.2, -0.15) is 0 Å². The molecule has 1 atom stereocenters. The Bertz CT molecular complexity index is 449. The van der Waals surface area contributed by atoms with Gasteiger partial charge in [0, 0.05) is 0 Å². The van der Waals surface area contributed by atoms with Gasteiger partial charge < -0.3 is 9.47 Å². The van der Waals surface area contributed by atoms with Gasteiger partial charge in [-0.1, -0.05) is 136 Å². The third-order valence-electron chi connectivity index (χ3n) is 6.58. The van der Waals surface area contributed by atoms with Gasteiger partial charge in [-0.3, -0.25) is 9.59 Å². The summed E-state index contributed by atoms with van der Waals surface area (Å²) < 4.78 is 10.8. The van der Waals surface area contributed by atoms with Crippen LogP contribution in [0.1, 0.15) is 168 Å². The van der Waals surface area contributed by atoms with Crippen LogP contribution < -0.4 is 0 Å². The van der Waals surface area contributed by atoms with E-state index in [4.69, 9.17) is 9.47 Å². The Morgan fingerprint density at radius 2 is 0.941 bits per heavy atom. The molecule has 0 rings (SSSR count). The van der Waals surface area contributed by atoms with Crippen molar-refractivity contribution in [1.82, 2.24) is 0 Å². The lowest BCUT2D eigenvalue weighted by Crippen LogP contribution is -2.19. The van der Waals surface area contributed by atoms with E-state index in [1.54, 1.807) is 0 Å². The van der Waals surface area contributed by atoms with Crippen molar-refractivity contribution in [2.24, 2.45) is 0 Å². The molecule has 0 spiro atoms. The summed E-state index contributed by atoms with van der Waals surface area (Å²) in [7, 11) is 0. The van der Waals surface area contributed by atoms with E-state index in [0.717, 1.165) is 44.9 Å². The highest BCUT2D eigenvalue weighted by molar-refractivity contribution is 5.77. The van der Waals surface area contributed by atoms with Crippen molar-refractivity contribution < 1.29 is 19.1 Å². The quantitative estimate of drug-likeness (QED) is 0.0909. The predicted molar refractivity (Wildman–Crippen MR) is 144 cm³/mol. The van der Waals surface area contributed by atoms with E-state index in [9.17, 15) is 9.59 Å². The van der Waals surface area contributed by atoms with Crippen LogP contribution in [0.15, 0.2) is 0 Å². The number of ether oxygens (including phenoxy) is 2. The lowest BCUT2D eigenvalue weighted by atomic mass is 10.0. The SMILES string of the molecule is CCCCCCCCCCCCCCCCCCOC(=O)CCC(=O)OC(CCC)CCCC. The molecule has 0 aromatic carbocycles. The first-order valence-electron chi connectivity index (χ1n) is 15.0. The summed E-state index contributed by atoms with van der Waals surface area (Å²) in [6.07, 6.45) is 26.5. The maximum Gasteiger partial charge on any atom is 0.306 e. The van der Waals surface area contributed by atoms with Gasteiger partial charge in [0.05, 0.1) is 19.4 Å². The van der Waals surface area contributed by atoms with Crippen molar-refractivity contribution in [1.29, 1.82) is 0 Å². The van der Waals surface area contributed by atoms with Gasteiger partial charge in [0.2, 0.25) is 0 Å². The largest absolute Gasteiger partial charge is 0.466 e. The molecule has 0 N–H and O–H groups in total. The first-order valence-corrected chi connectivity index (χ1v) is 15.0. The van der Waals surface area contributed by atoms with Crippen LogP contribution >= 0.6 is 0 Å². The smallest absolute Gasteiger partial charge is 0.306 e. The van der Waals surface area contributed by atoms with Gasteiger partial charge in [0.25, 0.3) is 0 Å². The first kappa shape index (κ1) is 32.9. The molecule has 0 saturated carbocycles. The lowest BCUT2D eigenvalue weighted by Gasteiger charge is -2.16. The Morgan fingerprint density at radius 1 is 0.500 bits per heavy atom. The highest BCUT2D eigenvalue weighted by atomic mass is 16.5. The van der Waals surface area contributed by atoms with Gasteiger partial charge in [-0.25, -0.2) is 0 Å². The molecule has 4 nitrogen and oxygen atoms in total. The second kappa shape index (κ2) is 26.5. The van der Waals surface area contributed by atoms with E-state index in [1.165, 1.54) is 89.9 Å². The summed E-state index contributed by atoms with van der Waals surface area (Å²) >= 11 is 0. The van der Waals surface area contributed by atoms with Crippen molar-refractivity contribution in [2.45, 2.75) is 175 Å². The Hall–Kier alpha value is -1.06. The van der Waals surface area contributed by atoms with Crippen LogP contribution in [-0.2, 0) is 19.1 Å². The molecule has 0 aliphatic heterocycles. The molecule has 34 heavy (non-hydrogen) atoms. The van der Waals surface area contributed by atoms with Crippen LogP contribution in [0.5, 0.6) is 0 Å². The van der Waals surface area contributed by atoms with Crippen LogP contribution in [0.2, 0.25) is 0 Å². The molecule has 1 unspecified atom stereocenters. The summed E-state index contributed by atoms with van der Waals surface area (Å²) in [5.41, 5.74) is 0. The van der Waals surface area contributed by atoms with E-state index in [2.05, 4.69) is 20.8 Å². The van der Waals surface area contributed by atoms with Gasteiger partial charge in [0.15, 0.2) is 0 Å². The van der Waals surface area contributed by atoms with Gasteiger partial charge >= 0.3 is 11.9 Å². The third kappa shape index (κ3) is 24.1. The summed E-state index contributed by atoms with van der Waals surface area (Å²) in [5.74, 6) is -0.549. The molecule has 0 bridgehead atoms. The van der Waals surface area contributed by atoms with Crippen LogP contribution in [-0.4, -0.2) is 24.6 Å². The molecule has 4 heteroatoms. The number of carbonyl (C=O) groups is 2. The zero-order valence-electron chi connectivity index (χ0n) is 23.2. The number of esters is 2. The first-order chi connectivity index (χ1) is 16.6. The average molecular weight is 483 g/mol. The number of unbranched alkanes of at least 4 members (excludes halogenated alkanes) is 16. The molecule has 0 aliphatic carbocycles. The summed E-state index contributed by atoms with van der Waals surface area (Å²) in [6, 6.07) is 0. The number of rotatable bonds is 26. The number of hydrogen-bond donors (Lipinski definition) is 0. The fourth-order valence-electron chi connectivity index (χ4n) is 4.37. The molecule has 0 heterocycles. The third-order valence-corrected chi connectivity index (χ3v) is 6.58. The summed E-state index contributed by atoms with van der Waals surface area (Å²) in [4.78, 5) is 23.9. The Kier molecular flexibility index (Phi) is 25.7. The average Bonchev–Trinajstić information content (AvgIpc) is 2.83. The van der Waals surface area contributed by atoms with Crippen molar-refractivity contribution in [3.05, 3.63) is 0 Å². The maximum absolute atomic E-state index is 12.0. The highest BCUT2D eigenvalue weighted by Gasteiger charge is 2.15. The predicted octanol–water partition coefficient (Wildman–Crippen LogP) is 9.47. The van der Waals surface area contributed by atoms with Crippen molar-refractivity contribution in [2.75, 3.05) is 6.61 Å². The normalized spacial score (nSPS) is 12.0. The zero-order chi connectivity index (χ0) is 25.1. The fraction of sp³-hybridized carbons (Fsp3) is 0.933. The van der Waals surface area contributed by atoms with Crippen molar-refractivity contribution in [3.63, 3.8) is 0 Å². The fourth-order valence-corrected chi connectivity index (χ4v) is 4.37. The Morgan fingerprint density at radius 3 is 1.41 bits per heavy atom. The molecule has 0 aliphatic rings.